The standard InChI is InChI=1S/C10H5N3O6/c14-8-5-3-1-2-4-6(5)12(13(18)19)10(16)7(11-17)9(8)15/h1-4,15H. The van der Waals surface area contributed by atoms with Crippen LogP contribution in [-0.2, 0) is 0 Å². The van der Waals surface area contributed by atoms with E-state index in [4.69, 9.17) is 0 Å². The SMILES string of the molecule is O=Nc1c(O)c(=O)c2ccccc2n([N+](=O)[O-])c1=O. The van der Waals surface area contributed by atoms with Gasteiger partial charge < -0.3 is 5.11 Å². The van der Waals surface area contributed by atoms with Crippen LogP contribution in [0.4, 0.5) is 5.69 Å². The third kappa shape index (κ3) is 1.73. The number of hydrogen-bond acceptors (Lipinski definition) is 7. The normalized spacial score (nSPS) is 10.3. The van der Waals surface area contributed by atoms with E-state index in [1.807, 2.05) is 0 Å². The molecule has 0 atom stereocenters. The van der Waals surface area contributed by atoms with Gasteiger partial charge in [0.15, 0.2) is 10.8 Å². The summed E-state index contributed by atoms with van der Waals surface area (Å²) < 4.78 is -0.00676. The van der Waals surface area contributed by atoms with Crippen molar-refractivity contribution in [3.63, 3.8) is 0 Å². The molecular weight excluding hydrogens is 258 g/mol. The van der Waals surface area contributed by atoms with Gasteiger partial charge in [-0.15, -0.1) is 4.91 Å². The summed E-state index contributed by atoms with van der Waals surface area (Å²) >= 11 is 0. The summed E-state index contributed by atoms with van der Waals surface area (Å²) in [5.74, 6) is -1.21. The molecule has 0 unspecified atom stereocenters. The third-order valence-corrected chi connectivity index (χ3v) is 2.47. The van der Waals surface area contributed by atoms with Crippen LogP contribution in [0.15, 0.2) is 39.0 Å². The first-order valence-corrected chi connectivity index (χ1v) is 4.88. The highest BCUT2D eigenvalue weighted by Crippen LogP contribution is 2.19. The molecule has 2 rings (SSSR count). The van der Waals surface area contributed by atoms with Gasteiger partial charge in [-0.25, -0.2) is 10.1 Å². The van der Waals surface area contributed by atoms with Gasteiger partial charge in [0.2, 0.25) is 11.1 Å². The molecule has 9 nitrogen and oxygen atoms in total. The first kappa shape index (κ1) is 12.4. The Kier molecular flexibility index (Phi) is 2.79. The van der Waals surface area contributed by atoms with Gasteiger partial charge in [-0.05, 0) is 22.0 Å². The van der Waals surface area contributed by atoms with Crippen LogP contribution in [0, 0.1) is 15.0 Å². The molecule has 1 heterocycles. The van der Waals surface area contributed by atoms with Crippen molar-refractivity contribution in [2.24, 2.45) is 5.18 Å². The number of benzene rings is 1. The summed E-state index contributed by atoms with van der Waals surface area (Å²) in [5.41, 5.74) is -4.09. The van der Waals surface area contributed by atoms with Crippen molar-refractivity contribution >= 4 is 16.6 Å². The number of fused-ring (bicyclic) bond motifs is 1. The Morgan fingerprint density at radius 1 is 1.26 bits per heavy atom. The summed E-state index contributed by atoms with van der Waals surface area (Å²) in [4.78, 5) is 45.0. The lowest BCUT2D eigenvalue weighted by atomic mass is 10.2. The highest BCUT2D eigenvalue weighted by atomic mass is 16.7. The Bertz CT molecular complexity index is 826. The molecule has 1 N–H and O–H groups in total. The van der Waals surface area contributed by atoms with Crippen LogP contribution in [0.1, 0.15) is 0 Å². The molecule has 0 radical (unpaired) electrons. The second-order valence-electron chi connectivity index (χ2n) is 3.49. The summed E-state index contributed by atoms with van der Waals surface area (Å²) in [5, 5.41) is 21.2. The van der Waals surface area contributed by atoms with E-state index in [1.165, 1.54) is 18.2 Å². The molecule has 0 bridgehead atoms. The predicted octanol–water partition coefficient (Wildman–Crippen LogP) is 0.505. The zero-order chi connectivity index (χ0) is 14.2. The smallest absolute Gasteiger partial charge is 0.345 e. The van der Waals surface area contributed by atoms with Crippen LogP contribution in [-0.4, -0.2) is 14.8 Å². The van der Waals surface area contributed by atoms with E-state index < -0.39 is 27.5 Å². The number of rotatable bonds is 2. The van der Waals surface area contributed by atoms with E-state index in [2.05, 4.69) is 5.18 Å². The van der Waals surface area contributed by atoms with E-state index in [9.17, 15) is 29.7 Å². The minimum absolute atomic E-state index is 0.00676. The Balaban J connectivity index is 3.32. The molecule has 1 aromatic carbocycles. The van der Waals surface area contributed by atoms with Gasteiger partial charge in [-0.2, -0.15) is 0 Å². The van der Waals surface area contributed by atoms with Crippen LogP contribution in [0.25, 0.3) is 10.9 Å². The molecule has 0 fully saturated rings. The van der Waals surface area contributed by atoms with Crippen molar-refractivity contribution in [3.05, 3.63) is 59.9 Å². The summed E-state index contributed by atoms with van der Waals surface area (Å²) in [6.07, 6.45) is 0. The van der Waals surface area contributed by atoms with E-state index in [0.29, 0.717) is 0 Å². The molecule has 0 aliphatic rings. The lowest BCUT2D eigenvalue weighted by molar-refractivity contribution is -0.540. The topological polar surface area (TPSA) is 132 Å². The molecule has 0 amide bonds. The Labute approximate surface area is 103 Å². The zero-order valence-electron chi connectivity index (χ0n) is 9.14. The second kappa shape index (κ2) is 4.29. The van der Waals surface area contributed by atoms with Gasteiger partial charge in [-0.1, -0.05) is 12.1 Å². The molecule has 0 saturated heterocycles. The molecule has 0 spiro atoms. The average molecular weight is 263 g/mol. The van der Waals surface area contributed by atoms with Crippen LogP contribution in [0.3, 0.4) is 0 Å². The molecule has 96 valence electrons. The third-order valence-electron chi connectivity index (χ3n) is 2.47. The van der Waals surface area contributed by atoms with E-state index in [1.54, 1.807) is 0 Å². The van der Waals surface area contributed by atoms with Crippen LogP contribution >= 0.6 is 0 Å². The van der Waals surface area contributed by atoms with Crippen LogP contribution < -0.4 is 11.0 Å². The van der Waals surface area contributed by atoms with Crippen molar-refractivity contribution in [3.8, 4) is 5.75 Å². The predicted molar refractivity (Wildman–Crippen MR) is 64.0 cm³/mol. The molecule has 0 aliphatic heterocycles. The maximum absolute atomic E-state index is 11.8. The quantitative estimate of drug-likeness (QED) is 0.476. The molecule has 1 aromatic heterocycles. The lowest BCUT2D eigenvalue weighted by Gasteiger charge is -1.94. The van der Waals surface area contributed by atoms with E-state index in [-0.39, 0.29) is 15.6 Å². The minimum atomic E-state index is -1.48. The molecule has 0 aliphatic carbocycles. The van der Waals surface area contributed by atoms with Crippen LogP contribution in [0.5, 0.6) is 5.75 Å². The van der Waals surface area contributed by atoms with Gasteiger partial charge in [0.05, 0.1) is 5.39 Å². The Morgan fingerprint density at radius 2 is 1.89 bits per heavy atom. The first-order chi connectivity index (χ1) is 8.99. The number of para-hydroxylation sites is 1. The van der Waals surface area contributed by atoms with Crippen molar-refractivity contribution in [2.75, 3.05) is 0 Å². The van der Waals surface area contributed by atoms with Crippen molar-refractivity contribution in [1.82, 2.24) is 4.68 Å². The highest BCUT2D eigenvalue weighted by molar-refractivity contribution is 5.80. The lowest BCUT2D eigenvalue weighted by Crippen LogP contribution is -2.24. The number of aromatic hydroxyl groups is 1. The van der Waals surface area contributed by atoms with Crippen molar-refractivity contribution in [1.29, 1.82) is 0 Å². The molecule has 9 heteroatoms. The highest BCUT2D eigenvalue weighted by Gasteiger charge is 2.21. The number of nitroso groups, excluding NO2 is 1. The van der Waals surface area contributed by atoms with Gasteiger partial charge >= 0.3 is 5.56 Å². The first-order valence-electron chi connectivity index (χ1n) is 4.88. The van der Waals surface area contributed by atoms with Crippen molar-refractivity contribution in [2.45, 2.75) is 0 Å². The zero-order valence-corrected chi connectivity index (χ0v) is 9.14. The Morgan fingerprint density at radius 3 is 2.47 bits per heavy atom. The number of hydrogen-bond donors (Lipinski definition) is 1. The second-order valence-corrected chi connectivity index (χ2v) is 3.49. The summed E-state index contributed by atoms with van der Waals surface area (Å²) in [6, 6.07) is 5.10. The number of aromatic nitrogens is 1. The fourth-order valence-corrected chi connectivity index (χ4v) is 1.64. The maximum atomic E-state index is 11.8. The molecular formula is C10H5N3O6. The largest absolute Gasteiger partial charge is 0.502 e. The van der Waals surface area contributed by atoms with Gasteiger partial charge in [0, 0.05) is 0 Å². The summed E-state index contributed by atoms with van der Waals surface area (Å²) in [6.45, 7) is 0. The molecule has 2 aromatic rings. The van der Waals surface area contributed by atoms with Crippen LogP contribution in [0.2, 0.25) is 0 Å². The average Bonchev–Trinajstić information content (AvgIpc) is 2.45. The van der Waals surface area contributed by atoms with Gasteiger partial charge in [0.25, 0.3) is 0 Å². The minimum Gasteiger partial charge on any atom is -0.502 e. The molecule has 0 saturated carbocycles. The van der Waals surface area contributed by atoms with Gasteiger partial charge in [-0.3, -0.25) is 9.59 Å². The fourth-order valence-electron chi connectivity index (χ4n) is 1.64. The van der Waals surface area contributed by atoms with Gasteiger partial charge in [0.1, 0.15) is 5.52 Å². The Hall–Kier alpha value is -3.10. The summed E-state index contributed by atoms with van der Waals surface area (Å²) in [7, 11) is 0. The number of nitrogens with zero attached hydrogens (tertiary/aromatic N) is 3. The van der Waals surface area contributed by atoms with E-state index >= 15 is 0 Å². The van der Waals surface area contributed by atoms with Crippen molar-refractivity contribution < 1.29 is 10.1 Å². The molecule has 19 heavy (non-hydrogen) atoms. The fraction of sp³-hybridized carbons (Fsp3) is 0. The van der Waals surface area contributed by atoms with E-state index in [0.717, 1.165) is 6.07 Å². The monoisotopic (exact) mass is 263 g/mol. The maximum Gasteiger partial charge on any atom is 0.345 e. The number of nitro groups is 1.